The molecule has 24 heavy (non-hydrogen) atoms. The zero-order valence-corrected chi connectivity index (χ0v) is 14.1. The van der Waals surface area contributed by atoms with Crippen LogP contribution in [0.5, 0.6) is 0 Å². The molecule has 0 aromatic heterocycles. The lowest BCUT2D eigenvalue weighted by atomic mass is 10.2. The Balaban J connectivity index is 2.12. The predicted molar refractivity (Wildman–Crippen MR) is 91.6 cm³/mol. The van der Waals surface area contributed by atoms with Crippen molar-refractivity contribution in [3.05, 3.63) is 78.9 Å². The van der Waals surface area contributed by atoms with Crippen LogP contribution in [0, 0.1) is 0 Å². The van der Waals surface area contributed by atoms with Crippen LogP contribution >= 0.6 is 0 Å². The third-order valence-corrected chi connectivity index (χ3v) is 5.43. The summed E-state index contributed by atoms with van der Waals surface area (Å²) in [6.45, 7) is 3.66. The first-order valence-electron chi connectivity index (χ1n) is 7.32. The van der Waals surface area contributed by atoms with E-state index in [1.807, 2.05) is 30.3 Å². The van der Waals surface area contributed by atoms with Crippen molar-refractivity contribution in [3.8, 4) is 0 Å². The number of amides is 1. The van der Waals surface area contributed by atoms with Gasteiger partial charge in [-0.25, -0.2) is 13.5 Å². The van der Waals surface area contributed by atoms with Crippen LogP contribution in [0.2, 0.25) is 0 Å². The maximum Gasteiger partial charge on any atom is 0.268 e. The fourth-order valence-corrected chi connectivity index (χ4v) is 3.60. The van der Waals surface area contributed by atoms with Gasteiger partial charge in [-0.3, -0.25) is 9.63 Å². The molecule has 2 aromatic rings. The molecule has 2 rings (SSSR count). The van der Waals surface area contributed by atoms with E-state index in [4.69, 9.17) is 4.84 Å². The third kappa shape index (κ3) is 4.10. The smallest absolute Gasteiger partial charge is 0.268 e. The summed E-state index contributed by atoms with van der Waals surface area (Å²) in [6.07, 6.45) is 1.12. The Morgan fingerprint density at radius 1 is 1.12 bits per heavy atom. The van der Waals surface area contributed by atoms with Crippen LogP contribution in [0.3, 0.4) is 0 Å². The van der Waals surface area contributed by atoms with Crippen LogP contribution in [0.15, 0.2) is 78.2 Å². The molecule has 0 aliphatic heterocycles. The lowest BCUT2D eigenvalue weighted by molar-refractivity contribution is -0.181. The highest BCUT2D eigenvalue weighted by Crippen LogP contribution is 2.18. The average Bonchev–Trinajstić information content (AvgIpc) is 2.61. The molecule has 2 aromatic carbocycles. The number of hydrogen-bond donors (Lipinski definition) is 0. The van der Waals surface area contributed by atoms with E-state index < -0.39 is 21.0 Å². The summed E-state index contributed by atoms with van der Waals surface area (Å²) in [6, 6.07) is 17.1. The summed E-state index contributed by atoms with van der Waals surface area (Å²) in [5, 5.41) is -0.458. The Morgan fingerprint density at radius 2 is 1.67 bits per heavy atom. The van der Waals surface area contributed by atoms with Crippen LogP contribution in [0.4, 0.5) is 0 Å². The van der Waals surface area contributed by atoms with Gasteiger partial charge in [0.05, 0.1) is 4.90 Å². The summed E-state index contributed by atoms with van der Waals surface area (Å²) >= 11 is 0. The molecule has 126 valence electrons. The van der Waals surface area contributed by atoms with Crippen molar-refractivity contribution in [2.75, 3.05) is 7.05 Å². The summed E-state index contributed by atoms with van der Waals surface area (Å²) in [4.78, 5) is 17.9. The van der Waals surface area contributed by atoms with Gasteiger partial charge in [0.2, 0.25) is 0 Å². The highest BCUT2D eigenvalue weighted by atomic mass is 32.2. The first-order chi connectivity index (χ1) is 11.5. The van der Waals surface area contributed by atoms with E-state index in [-0.39, 0.29) is 11.5 Å². The molecule has 0 spiro atoms. The Hall–Kier alpha value is -2.44. The van der Waals surface area contributed by atoms with Crippen molar-refractivity contribution in [3.63, 3.8) is 0 Å². The SMILES string of the molecule is C=CC(C(=O)N(C)OCc1ccccc1)S(=O)(=O)c1ccccc1. The molecule has 0 fully saturated rings. The fourth-order valence-electron chi connectivity index (χ4n) is 2.11. The van der Waals surface area contributed by atoms with E-state index in [2.05, 4.69) is 6.58 Å². The van der Waals surface area contributed by atoms with Gasteiger partial charge < -0.3 is 0 Å². The zero-order chi connectivity index (χ0) is 17.6. The Kier molecular flexibility index (Phi) is 5.89. The van der Waals surface area contributed by atoms with Crippen LogP contribution in [0.1, 0.15) is 5.56 Å². The second-order valence-electron chi connectivity index (χ2n) is 5.11. The maximum atomic E-state index is 12.6. The minimum atomic E-state index is -3.87. The van der Waals surface area contributed by atoms with E-state index >= 15 is 0 Å². The van der Waals surface area contributed by atoms with Crippen LogP contribution in [-0.4, -0.2) is 31.7 Å². The second-order valence-corrected chi connectivity index (χ2v) is 7.18. The third-order valence-electron chi connectivity index (χ3n) is 3.44. The van der Waals surface area contributed by atoms with Crippen LogP contribution in [-0.2, 0) is 26.1 Å². The number of carbonyl (C=O) groups is 1. The van der Waals surface area contributed by atoms with Gasteiger partial charge in [0.15, 0.2) is 15.1 Å². The van der Waals surface area contributed by atoms with Gasteiger partial charge in [0, 0.05) is 7.05 Å². The van der Waals surface area contributed by atoms with E-state index in [9.17, 15) is 13.2 Å². The molecular weight excluding hydrogens is 326 g/mol. The largest absolute Gasteiger partial charge is 0.271 e. The highest BCUT2D eigenvalue weighted by molar-refractivity contribution is 7.93. The topological polar surface area (TPSA) is 63.7 Å². The summed E-state index contributed by atoms with van der Waals surface area (Å²) in [5.41, 5.74) is 0.873. The molecule has 0 aliphatic carbocycles. The van der Waals surface area contributed by atoms with Crippen molar-refractivity contribution in [2.24, 2.45) is 0 Å². The van der Waals surface area contributed by atoms with Crippen LogP contribution < -0.4 is 0 Å². The number of sulfone groups is 1. The van der Waals surface area contributed by atoms with Crippen molar-refractivity contribution < 1.29 is 18.0 Å². The van der Waals surface area contributed by atoms with Crippen molar-refractivity contribution >= 4 is 15.7 Å². The number of nitrogens with zero attached hydrogens (tertiary/aromatic N) is 1. The number of hydrogen-bond acceptors (Lipinski definition) is 4. The minimum absolute atomic E-state index is 0.0692. The number of rotatable bonds is 7. The number of carbonyl (C=O) groups excluding carboxylic acids is 1. The molecule has 0 N–H and O–H groups in total. The van der Waals surface area contributed by atoms with Crippen LogP contribution in [0.25, 0.3) is 0 Å². The molecule has 0 bridgehead atoms. The molecule has 0 saturated carbocycles. The lowest BCUT2D eigenvalue weighted by Crippen LogP contribution is -2.39. The molecule has 0 aliphatic rings. The standard InChI is InChI=1S/C18H19NO4S/c1-3-17(24(21,22)16-12-8-5-9-13-16)18(20)19(2)23-14-15-10-6-4-7-11-15/h3-13,17H,1,14H2,2H3. The average molecular weight is 345 g/mol. The highest BCUT2D eigenvalue weighted by Gasteiger charge is 2.33. The van der Waals surface area contributed by atoms with Crippen molar-refractivity contribution in [1.29, 1.82) is 0 Å². The molecule has 6 heteroatoms. The molecule has 5 nitrogen and oxygen atoms in total. The van der Waals surface area contributed by atoms with Gasteiger partial charge in [-0.15, -0.1) is 6.58 Å². The summed E-state index contributed by atoms with van der Waals surface area (Å²) < 4.78 is 25.2. The minimum Gasteiger partial charge on any atom is -0.271 e. The normalized spacial score (nSPS) is 12.4. The van der Waals surface area contributed by atoms with E-state index in [0.717, 1.165) is 16.7 Å². The number of benzene rings is 2. The Morgan fingerprint density at radius 3 is 2.21 bits per heavy atom. The first kappa shape index (κ1) is 17.9. The van der Waals surface area contributed by atoms with E-state index in [0.29, 0.717) is 0 Å². The molecule has 1 atom stereocenters. The van der Waals surface area contributed by atoms with Crippen molar-refractivity contribution in [1.82, 2.24) is 5.06 Å². The maximum absolute atomic E-state index is 12.6. The molecule has 0 radical (unpaired) electrons. The summed E-state index contributed by atoms with van der Waals surface area (Å²) in [5.74, 6) is -0.690. The zero-order valence-electron chi connectivity index (χ0n) is 13.3. The molecular formula is C18H19NO4S. The molecule has 0 saturated heterocycles. The Labute approximate surface area is 142 Å². The van der Waals surface area contributed by atoms with Gasteiger partial charge in [-0.05, 0) is 17.7 Å². The number of hydroxylamine groups is 2. The van der Waals surface area contributed by atoms with Gasteiger partial charge in [-0.2, -0.15) is 0 Å². The Bertz CT molecular complexity index is 788. The molecule has 1 unspecified atom stereocenters. The van der Waals surface area contributed by atoms with E-state index in [1.165, 1.54) is 19.2 Å². The lowest BCUT2D eigenvalue weighted by Gasteiger charge is -2.21. The fraction of sp³-hybridized carbons (Fsp3) is 0.167. The quantitative estimate of drug-likeness (QED) is 0.572. The second kappa shape index (κ2) is 7.90. The molecule has 0 heterocycles. The first-order valence-corrected chi connectivity index (χ1v) is 8.87. The van der Waals surface area contributed by atoms with Gasteiger partial charge in [-0.1, -0.05) is 54.6 Å². The van der Waals surface area contributed by atoms with Gasteiger partial charge in [0.1, 0.15) is 6.61 Å². The van der Waals surface area contributed by atoms with E-state index in [1.54, 1.807) is 18.2 Å². The van der Waals surface area contributed by atoms with Crippen molar-refractivity contribution in [2.45, 2.75) is 16.8 Å². The van der Waals surface area contributed by atoms with Gasteiger partial charge in [0.25, 0.3) is 5.91 Å². The summed E-state index contributed by atoms with van der Waals surface area (Å²) in [7, 11) is -2.48. The molecule has 1 amide bonds. The predicted octanol–water partition coefficient (Wildman–Crippen LogP) is 2.61. The monoisotopic (exact) mass is 345 g/mol. The van der Waals surface area contributed by atoms with Gasteiger partial charge >= 0.3 is 0 Å².